The summed E-state index contributed by atoms with van der Waals surface area (Å²) in [7, 11) is 3.19. The van der Waals surface area contributed by atoms with Crippen molar-refractivity contribution in [1.29, 1.82) is 0 Å². The summed E-state index contributed by atoms with van der Waals surface area (Å²) in [4.78, 5) is 23.3. The molecule has 30 heavy (non-hydrogen) atoms. The molecule has 9 heteroatoms. The van der Waals surface area contributed by atoms with Crippen molar-refractivity contribution in [2.24, 2.45) is 7.05 Å². The average Bonchev–Trinajstić information content (AvgIpc) is 2.75. The molecule has 7 nitrogen and oxygen atoms in total. The Hall–Kier alpha value is -2.97. The van der Waals surface area contributed by atoms with E-state index in [1.54, 1.807) is 37.6 Å². The first kappa shape index (κ1) is 20.3. The van der Waals surface area contributed by atoms with Gasteiger partial charge in [-0.05, 0) is 18.2 Å². The van der Waals surface area contributed by atoms with Crippen molar-refractivity contribution in [3.63, 3.8) is 0 Å². The van der Waals surface area contributed by atoms with Gasteiger partial charge in [-0.2, -0.15) is 0 Å². The van der Waals surface area contributed by atoms with Crippen LogP contribution in [0.4, 0.5) is 10.3 Å². The van der Waals surface area contributed by atoms with Gasteiger partial charge in [-0.1, -0.05) is 17.7 Å². The summed E-state index contributed by atoms with van der Waals surface area (Å²) in [6, 6.07) is 7.73. The topological polar surface area (TPSA) is 69.5 Å². The van der Waals surface area contributed by atoms with E-state index in [0.717, 1.165) is 0 Å². The predicted octanol–water partition coefficient (Wildman–Crippen LogP) is 3.22. The molecule has 0 N–H and O–H groups in total. The van der Waals surface area contributed by atoms with Crippen molar-refractivity contribution < 1.29 is 13.9 Å². The Kier molecular flexibility index (Phi) is 5.69. The molecule has 0 spiro atoms. The SMILES string of the molecule is COc1cnccc1-c1cc(=O)n(C)c(N2CCO[C@@H](c3c(F)cccc3Cl)C2)n1. The molecule has 1 aliphatic heterocycles. The van der Waals surface area contributed by atoms with Gasteiger partial charge in [0.1, 0.15) is 17.7 Å². The second-order valence-corrected chi connectivity index (χ2v) is 7.26. The van der Waals surface area contributed by atoms with Gasteiger partial charge in [-0.3, -0.25) is 14.3 Å². The maximum atomic E-state index is 14.4. The Balaban J connectivity index is 1.73. The molecular formula is C21H20ClFN4O3. The third-order valence-corrected chi connectivity index (χ3v) is 5.39. The molecule has 1 fully saturated rings. The minimum atomic E-state index is -0.580. The third-order valence-electron chi connectivity index (χ3n) is 5.06. The molecule has 1 aromatic carbocycles. The molecule has 0 bridgehead atoms. The lowest BCUT2D eigenvalue weighted by atomic mass is 10.1. The quantitative estimate of drug-likeness (QED) is 0.633. The summed E-state index contributed by atoms with van der Waals surface area (Å²) in [6.45, 7) is 1.14. The molecule has 0 aliphatic carbocycles. The zero-order valence-electron chi connectivity index (χ0n) is 16.5. The van der Waals surface area contributed by atoms with Crippen LogP contribution in [-0.4, -0.2) is 41.3 Å². The number of nitrogens with zero attached hydrogens (tertiary/aromatic N) is 4. The number of morpholine rings is 1. The Labute approximate surface area is 177 Å². The fraction of sp³-hybridized carbons (Fsp3) is 0.286. The normalized spacial score (nSPS) is 16.5. The number of ether oxygens (including phenoxy) is 2. The van der Waals surface area contributed by atoms with Gasteiger partial charge in [0.2, 0.25) is 5.95 Å². The Morgan fingerprint density at radius 1 is 1.33 bits per heavy atom. The predicted molar refractivity (Wildman–Crippen MR) is 112 cm³/mol. The number of hydrogen-bond acceptors (Lipinski definition) is 6. The summed E-state index contributed by atoms with van der Waals surface area (Å²) in [6.07, 6.45) is 2.60. The van der Waals surface area contributed by atoms with Crippen LogP contribution >= 0.6 is 11.6 Å². The summed E-state index contributed by atoms with van der Waals surface area (Å²) < 4.78 is 27.0. The van der Waals surface area contributed by atoms with Crippen molar-refractivity contribution in [1.82, 2.24) is 14.5 Å². The highest BCUT2D eigenvalue weighted by Gasteiger charge is 2.28. The molecule has 0 amide bonds. The van der Waals surface area contributed by atoms with E-state index in [-0.39, 0.29) is 5.56 Å². The van der Waals surface area contributed by atoms with Crippen LogP contribution in [0.5, 0.6) is 5.75 Å². The number of rotatable bonds is 4. The fourth-order valence-electron chi connectivity index (χ4n) is 3.53. The molecule has 3 aromatic rings. The average molecular weight is 431 g/mol. The summed E-state index contributed by atoms with van der Waals surface area (Å²) in [5, 5.41) is 0.305. The van der Waals surface area contributed by atoms with Crippen molar-refractivity contribution in [2.45, 2.75) is 6.10 Å². The Morgan fingerprint density at radius 3 is 2.93 bits per heavy atom. The number of benzene rings is 1. The van der Waals surface area contributed by atoms with Gasteiger partial charge in [0.05, 0.1) is 32.2 Å². The van der Waals surface area contributed by atoms with Crippen molar-refractivity contribution in [2.75, 3.05) is 31.7 Å². The Bertz CT molecular complexity index is 1120. The van der Waals surface area contributed by atoms with Gasteiger partial charge >= 0.3 is 0 Å². The number of halogens is 2. The molecule has 156 valence electrons. The van der Waals surface area contributed by atoms with Gasteiger partial charge in [0.25, 0.3) is 5.56 Å². The van der Waals surface area contributed by atoms with Crippen molar-refractivity contribution in [3.05, 3.63) is 69.5 Å². The maximum Gasteiger partial charge on any atom is 0.255 e. The first-order chi connectivity index (χ1) is 14.5. The van der Waals surface area contributed by atoms with E-state index in [2.05, 4.69) is 4.98 Å². The lowest BCUT2D eigenvalue weighted by Gasteiger charge is -2.35. The number of aromatic nitrogens is 3. The van der Waals surface area contributed by atoms with E-state index in [9.17, 15) is 9.18 Å². The first-order valence-corrected chi connectivity index (χ1v) is 9.74. The molecular weight excluding hydrogens is 411 g/mol. The Morgan fingerprint density at radius 2 is 2.17 bits per heavy atom. The largest absolute Gasteiger partial charge is 0.494 e. The lowest BCUT2D eigenvalue weighted by Crippen LogP contribution is -2.42. The molecule has 1 atom stereocenters. The molecule has 0 unspecified atom stereocenters. The van der Waals surface area contributed by atoms with E-state index < -0.39 is 11.9 Å². The zero-order valence-corrected chi connectivity index (χ0v) is 17.3. The van der Waals surface area contributed by atoms with Crippen LogP contribution in [0.15, 0.2) is 47.5 Å². The smallest absolute Gasteiger partial charge is 0.255 e. The minimum Gasteiger partial charge on any atom is -0.494 e. The second-order valence-electron chi connectivity index (χ2n) is 6.86. The van der Waals surface area contributed by atoms with Crippen LogP contribution in [-0.2, 0) is 11.8 Å². The van der Waals surface area contributed by atoms with Crippen LogP contribution in [0.3, 0.4) is 0 Å². The van der Waals surface area contributed by atoms with E-state index in [0.29, 0.717) is 53.2 Å². The standard InChI is InChI=1S/C21H20ClFN4O3/c1-26-19(28)10-16(13-6-7-24-11-17(13)29-2)25-21(26)27-8-9-30-18(12-27)20-14(22)4-3-5-15(20)23/h3-7,10-11,18H,8-9,12H2,1-2H3/t18-/m1/s1. The number of anilines is 1. The number of methoxy groups -OCH3 is 1. The van der Waals surface area contributed by atoms with Crippen molar-refractivity contribution in [3.8, 4) is 17.0 Å². The minimum absolute atomic E-state index is 0.221. The van der Waals surface area contributed by atoms with Crippen LogP contribution in [0.2, 0.25) is 5.02 Å². The molecule has 1 saturated heterocycles. The van der Waals surface area contributed by atoms with Crippen molar-refractivity contribution >= 4 is 17.5 Å². The second kappa shape index (κ2) is 8.41. The van der Waals surface area contributed by atoms with Gasteiger partial charge < -0.3 is 14.4 Å². The molecule has 0 saturated carbocycles. The molecule has 0 radical (unpaired) electrons. The highest BCUT2D eigenvalue weighted by Crippen LogP contribution is 2.33. The highest BCUT2D eigenvalue weighted by molar-refractivity contribution is 6.31. The summed E-state index contributed by atoms with van der Waals surface area (Å²) in [5.74, 6) is 0.547. The van der Waals surface area contributed by atoms with Crippen LogP contribution in [0.1, 0.15) is 11.7 Å². The molecule has 3 heterocycles. The van der Waals surface area contributed by atoms with Gasteiger partial charge in [-0.25, -0.2) is 9.37 Å². The van der Waals surface area contributed by atoms with E-state index in [1.165, 1.54) is 23.8 Å². The molecule has 4 rings (SSSR count). The van der Waals surface area contributed by atoms with E-state index in [1.807, 2.05) is 4.90 Å². The summed E-state index contributed by atoms with van der Waals surface area (Å²) in [5.41, 5.74) is 1.22. The first-order valence-electron chi connectivity index (χ1n) is 9.36. The number of pyridine rings is 1. The van der Waals surface area contributed by atoms with Gasteiger partial charge in [-0.15, -0.1) is 0 Å². The zero-order chi connectivity index (χ0) is 21.3. The van der Waals surface area contributed by atoms with Gasteiger partial charge in [0.15, 0.2) is 0 Å². The van der Waals surface area contributed by atoms with Gasteiger partial charge in [0, 0.05) is 42.0 Å². The highest BCUT2D eigenvalue weighted by atomic mass is 35.5. The number of hydrogen-bond donors (Lipinski definition) is 0. The maximum absolute atomic E-state index is 14.4. The lowest BCUT2D eigenvalue weighted by molar-refractivity contribution is 0.0368. The van der Waals surface area contributed by atoms with Crippen LogP contribution in [0, 0.1) is 5.82 Å². The summed E-state index contributed by atoms with van der Waals surface area (Å²) >= 11 is 6.22. The molecule has 2 aromatic heterocycles. The van der Waals surface area contributed by atoms with Crippen LogP contribution < -0.4 is 15.2 Å². The fourth-order valence-corrected chi connectivity index (χ4v) is 3.81. The molecule has 1 aliphatic rings. The van der Waals surface area contributed by atoms with E-state index in [4.69, 9.17) is 26.1 Å². The monoisotopic (exact) mass is 430 g/mol. The van der Waals surface area contributed by atoms with Crippen LogP contribution in [0.25, 0.3) is 11.3 Å². The third kappa shape index (κ3) is 3.76. The van der Waals surface area contributed by atoms with E-state index >= 15 is 0 Å².